The summed E-state index contributed by atoms with van der Waals surface area (Å²) >= 11 is 14.0. The zero-order valence-electron chi connectivity index (χ0n) is 15.1. The van der Waals surface area contributed by atoms with E-state index in [9.17, 15) is 0 Å². The van der Waals surface area contributed by atoms with Crippen LogP contribution in [0.25, 0.3) is 0 Å². The minimum Gasteiger partial charge on any atom is -0.381 e. The number of nitrogens with one attached hydrogen (secondary N) is 2. The molecule has 2 N–H and O–H groups in total. The van der Waals surface area contributed by atoms with E-state index in [-0.39, 0.29) is 10.8 Å². The lowest BCUT2D eigenvalue weighted by Gasteiger charge is -2.34. The Morgan fingerprint density at radius 2 is 2.04 bits per heavy atom. The van der Waals surface area contributed by atoms with Crippen molar-refractivity contribution in [3.63, 3.8) is 0 Å². The molecule has 0 aliphatic carbocycles. The summed E-state index contributed by atoms with van der Waals surface area (Å²) in [4.78, 5) is 4.84. The van der Waals surface area contributed by atoms with Crippen molar-refractivity contribution < 1.29 is 4.74 Å². The van der Waals surface area contributed by atoms with Crippen molar-refractivity contribution in [1.29, 1.82) is 0 Å². The van der Waals surface area contributed by atoms with Gasteiger partial charge in [0.05, 0.1) is 22.6 Å². The molecule has 0 radical (unpaired) electrons. The first-order chi connectivity index (χ1) is 12.0. The van der Waals surface area contributed by atoms with E-state index in [1.807, 2.05) is 30.0 Å². The Kier molecular flexibility index (Phi) is 8.20. The summed E-state index contributed by atoms with van der Waals surface area (Å²) < 4.78 is 5.68. The summed E-state index contributed by atoms with van der Waals surface area (Å²) in [7, 11) is 0. The maximum absolute atomic E-state index is 6.14. The first-order valence-corrected chi connectivity index (χ1v) is 10.6. The molecule has 2 rings (SSSR count). The maximum Gasteiger partial charge on any atom is 0.191 e. The summed E-state index contributed by atoms with van der Waals surface area (Å²) in [6.45, 7) is 7.39. The van der Waals surface area contributed by atoms with Gasteiger partial charge in [0.1, 0.15) is 0 Å². The third-order valence-electron chi connectivity index (χ3n) is 4.50. The van der Waals surface area contributed by atoms with Gasteiger partial charge in [-0.3, -0.25) is 4.99 Å². The van der Waals surface area contributed by atoms with Gasteiger partial charge in [-0.05, 0) is 50.6 Å². The second-order valence-corrected chi connectivity index (χ2v) is 8.32. The molecule has 0 spiro atoms. The Bertz CT molecular complexity index is 592. The monoisotopic (exact) mass is 403 g/mol. The third-order valence-corrected chi connectivity index (χ3v) is 6.65. The van der Waals surface area contributed by atoms with Gasteiger partial charge in [-0.15, -0.1) is 0 Å². The van der Waals surface area contributed by atoms with Crippen molar-refractivity contribution in [2.24, 2.45) is 4.99 Å². The molecule has 25 heavy (non-hydrogen) atoms. The van der Waals surface area contributed by atoms with Gasteiger partial charge in [0, 0.05) is 24.5 Å². The third kappa shape index (κ3) is 5.95. The van der Waals surface area contributed by atoms with Gasteiger partial charge in [0.15, 0.2) is 5.96 Å². The lowest BCUT2D eigenvalue weighted by molar-refractivity contribution is 0.0794. The molecule has 1 unspecified atom stereocenters. The summed E-state index contributed by atoms with van der Waals surface area (Å²) in [5.74, 6) is 0.820. The Morgan fingerprint density at radius 3 is 2.64 bits per heavy atom. The number of ether oxygens (including phenoxy) is 1. The van der Waals surface area contributed by atoms with E-state index in [4.69, 9.17) is 32.9 Å². The number of guanidine groups is 1. The molecule has 1 heterocycles. The summed E-state index contributed by atoms with van der Waals surface area (Å²) in [6.07, 6.45) is 4.25. The smallest absolute Gasteiger partial charge is 0.191 e. The van der Waals surface area contributed by atoms with Gasteiger partial charge >= 0.3 is 0 Å². The highest BCUT2D eigenvalue weighted by molar-refractivity contribution is 8.00. The van der Waals surface area contributed by atoms with E-state index < -0.39 is 0 Å². The van der Waals surface area contributed by atoms with E-state index in [2.05, 4.69) is 30.7 Å². The molecule has 7 heteroatoms. The van der Waals surface area contributed by atoms with Crippen LogP contribution in [0.5, 0.6) is 0 Å². The highest BCUT2D eigenvalue weighted by atomic mass is 35.5. The standard InChI is InChI=1S/C18H27Cl2N3OS/c1-4-21-17(22-12-18(25-3)7-9-24-10-8-18)23-13(2)14-5-6-15(19)16(20)11-14/h5-6,11,13H,4,7-10,12H2,1-3H3,(H2,21,22,23). The van der Waals surface area contributed by atoms with E-state index in [1.165, 1.54) is 0 Å². The molecule has 0 amide bonds. The molecular formula is C18H27Cl2N3OS. The van der Waals surface area contributed by atoms with Crippen LogP contribution in [-0.2, 0) is 4.74 Å². The molecule has 1 aliphatic heterocycles. The second-order valence-electron chi connectivity index (χ2n) is 6.23. The average Bonchev–Trinajstić information content (AvgIpc) is 2.63. The van der Waals surface area contributed by atoms with Crippen molar-refractivity contribution in [3.05, 3.63) is 33.8 Å². The van der Waals surface area contributed by atoms with Gasteiger partial charge in [-0.1, -0.05) is 29.3 Å². The largest absolute Gasteiger partial charge is 0.381 e. The molecule has 0 bridgehead atoms. The highest BCUT2D eigenvalue weighted by Crippen LogP contribution is 2.34. The number of rotatable bonds is 6. The zero-order valence-corrected chi connectivity index (χ0v) is 17.4. The fraction of sp³-hybridized carbons (Fsp3) is 0.611. The number of halogens is 2. The van der Waals surface area contributed by atoms with E-state index in [1.54, 1.807) is 0 Å². The zero-order chi connectivity index (χ0) is 18.3. The van der Waals surface area contributed by atoms with Gasteiger partial charge in [-0.25, -0.2) is 0 Å². The van der Waals surface area contributed by atoms with Crippen LogP contribution < -0.4 is 10.6 Å². The van der Waals surface area contributed by atoms with Crippen LogP contribution in [0, 0.1) is 0 Å². The van der Waals surface area contributed by atoms with Crippen molar-refractivity contribution in [2.45, 2.75) is 37.5 Å². The first-order valence-electron chi connectivity index (χ1n) is 8.62. The number of nitrogens with zero attached hydrogens (tertiary/aromatic N) is 1. The quantitative estimate of drug-likeness (QED) is 0.541. The van der Waals surface area contributed by atoms with Crippen molar-refractivity contribution in [3.8, 4) is 0 Å². The first kappa shape index (κ1) is 20.7. The predicted octanol–water partition coefficient (Wildman–Crippen LogP) is 4.52. The van der Waals surface area contributed by atoms with Crippen molar-refractivity contribution >= 4 is 40.9 Å². The summed E-state index contributed by atoms with van der Waals surface area (Å²) in [6, 6.07) is 5.78. The molecule has 140 valence electrons. The maximum atomic E-state index is 6.14. The summed E-state index contributed by atoms with van der Waals surface area (Å²) in [5.41, 5.74) is 1.07. The highest BCUT2D eigenvalue weighted by Gasteiger charge is 2.31. The Morgan fingerprint density at radius 1 is 1.32 bits per heavy atom. The van der Waals surface area contributed by atoms with Crippen LogP contribution in [0.4, 0.5) is 0 Å². The minimum absolute atomic E-state index is 0.0764. The van der Waals surface area contributed by atoms with Crippen molar-refractivity contribution in [2.75, 3.05) is 32.6 Å². The fourth-order valence-electron chi connectivity index (χ4n) is 2.78. The predicted molar refractivity (Wildman–Crippen MR) is 110 cm³/mol. The lowest BCUT2D eigenvalue weighted by Crippen LogP contribution is -2.41. The molecule has 0 saturated carbocycles. The van der Waals surface area contributed by atoms with Crippen molar-refractivity contribution in [1.82, 2.24) is 10.6 Å². The van der Waals surface area contributed by atoms with Crippen LogP contribution in [-0.4, -0.2) is 43.3 Å². The molecule has 1 aliphatic rings. The van der Waals surface area contributed by atoms with Gasteiger partial charge in [-0.2, -0.15) is 11.8 Å². The normalized spacial score (nSPS) is 18.7. The Balaban J connectivity index is 2.06. The van der Waals surface area contributed by atoms with E-state index in [0.717, 1.165) is 50.7 Å². The molecular weight excluding hydrogens is 377 g/mol. The Labute approximate surface area is 165 Å². The van der Waals surface area contributed by atoms with Crippen LogP contribution in [0.15, 0.2) is 23.2 Å². The molecule has 0 aromatic heterocycles. The fourth-order valence-corrected chi connectivity index (χ4v) is 3.86. The lowest BCUT2D eigenvalue weighted by atomic mass is 9.99. The van der Waals surface area contributed by atoms with Gasteiger partial charge in [0.25, 0.3) is 0 Å². The van der Waals surface area contributed by atoms with Gasteiger partial charge < -0.3 is 15.4 Å². The number of hydrogen-bond donors (Lipinski definition) is 2. The minimum atomic E-state index is 0.0764. The molecule has 1 atom stereocenters. The Hall–Kier alpha value is -0.620. The molecule has 4 nitrogen and oxygen atoms in total. The van der Waals surface area contributed by atoms with Crippen LogP contribution in [0.3, 0.4) is 0 Å². The topological polar surface area (TPSA) is 45.7 Å². The van der Waals surface area contributed by atoms with Crippen LogP contribution in [0.2, 0.25) is 10.0 Å². The average molecular weight is 404 g/mol. The number of aliphatic imine (C=N–C) groups is 1. The molecule has 1 saturated heterocycles. The van der Waals surface area contributed by atoms with Crippen LogP contribution >= 0.6 is 35.0 Å². The number of benzene rings is 1. The van der Waals surface area contributed by atoms with Gasteiger partial charge in [0.2, 0.25) is 0 Å². The summed E-state index contributed by atoms with van der Waals surface area (Å²) in [5, 5.41) is 7.92. The second kappa shape index (κ2) is 9.91. The van der Waals surface area contributed by atoms with E-state index >= 15 is 0 Å². The number of hydrogen-bond acceptors (Lipinski definition) is 3. The van der Waals surface area contributed by atoms with Crippen LogP contribution in [0.1, 0.15) is 38.3 Å². The molecule has 1 fully saturated rings. The number of thioether (sulfide) groups is 1. The molecule has 1 aromatic rings. The van der Waals surface area contributed by atoms with E-state index in [0.29, 0.717) is 10.0 Å². The SMILES string of the molecule is CCNC(=NCC1(SC)CCOCC1)NC(C)c1ccc(Cl)c(Cl)c1. The molecule has 1 aromatic carbocycles.